The number of Topliss-reactive ketones (excluding diaryl/α,β-unsaturated/α-hetero) is 1. The molecule has 2 N–H and O–H groups in total. The lowest BCUT2D eigenvalue weighted by atomic mass is 9.85. The second kappa shape index (κ2) is 9.06. The van der Waals surface area contributed by atoms with Crippen LogP contribution in [-0.4, -0.2) is 48.9 Å². The van der Waals surface area contributed by atoms with Crippen molar-refractivity contribution in [1.29, 1.82) is 0 Å². The largest absolute Gasteiger partial charge is 0.507 e. The van der Waals surface area contributed by atoms with E-state index in [0.717, 1.165) is 18.5 Å². The number of nitrogens with one attached hydrogen (secondary N) is 1. The van der Waals surface area contributed by atoms with E-state index < -0.39 is 17.7 Å². The second-order valence-electron chi connectivity index (χ2n) is 9.54. The van der Waals surface area contributed by atoms with E-state index >= 15 is 0 Å². The van der Waals surface area contributed by atoms with Crippen molar-refractivity contribution < 1.29 is 19.6 Å². The first-order chi connectivity index (χ1) is 14.6. The number of nitrogens with zero attached hydrogens (tertiary/aromatic N) is 1. The molecule has 1 atom stereocenters. The maximum atomic E-state index is 13.0. The minimum atomic E-state index is -0.622. The summed E-state index contributed by atoms with van der Waals surface area (Å²) in [6, 6.07) is 16.4. The van der Waals surface area contributed by atoms with Crippen LogP contribution in [0.1, 0.15) is 49.9 Å². The lowest BCUT2D eigenvalue weighted by molar-refractivity contribution is -0.858. The minimum Gasteiger partial charge on any atom is -0.507 e. The van der Waals surface area contributed by atoms with Crippen LogP contribution in [0.4, 0.5) is 0 Å². The summed E-state index contributed by atoms with van der Waals surface area (Å²) >= 11 is 0. The highest BCUT2D eigenvalue weighted by molar-refractivity contribution is 6.46. The van der Waals surface area contributed by atoms with Crippen LogP contribution in [0.2, 0.25) is 0 Å². The fourth-order valence-electron chi connectivity index (χ4n) is 3.98. The average Bonchev–Trinajstić information content (AvgIpc) is 2.98. The molecular formula is C26H33N2O3+. The molecular weight excluding hydrogens is 388 g/mol. The Bertz CT molecular complexity index is 970. The van der Waals surface area contributed by atoms with Gasteiger partial charge in [0.1, 0.15) is 5.76 Å². The summed E-state index contributed by atoms with van der Waals surface area (Å²) in [7, 11) is 4.12. The van der Waals surface area contributed by atoms with Gasteiger partial charge in [0.15, 0.2) is 0 Å². The van der Waals surface area contributed by atoms with Gasteiger partial charge in [0.25, 0.3) is 11.7 Å². The molecule has 5 heteroatoms. The number of benzene rings is 2. The van der Waals surface area contributed by atoms with Gasteiger partial charge in [-0.05, 0) is 16.5 Å². The Morgan fingerprint density at radius 1 is 1.00 bits per heavy atom. The van der Waals surface area contributed by atoms with Crippen LogP contribution in [0.5, 0.6) is 0 Å². The lowest BCUT2D eigenvalue weighted by Crippen LogP contribution is -3.05. The van der Waals surface area contributed by atoms with Gasteiger partial charge < -0.3 is 14.9 Å². The van der Waals surface area contributed by atoms with Crippen molar-refractivity contribution in [2.75, 3.05) is 27.2 Å². The van der Waals surface area contributed by atoms with E-state index in [1.165, 1.54) is 10.5 Å². The smallest absolute Gasteiger partial charge is 0.295 e. The number of ketones is 1. The Morgan fingerprint density at radius 2 is 1.61 bits per heavy atom. The van der Waals surface area contributed by atoms with Gasteiger partial charge in [-0.1, -0.05) is 75.4 Å². The van der Waals surface area contributed by atoms with Gasteiger partial charge in [-0.2, -0.15) is 0 Å². The van der Waals surface area contributed by atoms with E-state index in [-0.39, 0.29) is 16.7 Å². The molecule has 0 saturated carbocycles. The molecule has 31 heavy (non-hydrogen) atoms. The van der Waals surface area contributed by atoms with Gasteiger partial charge in [0.05, 0.1) is 32.3 Å². The van der Waals surface area contributed by atoms with E-state index in [2.05, 4.69) is 34.9 Å². The first-order valence-electron chi connectivity index (χ1n) is 10.8. The molecule has 1 amide bonds. The SMILES string of the molecule is C[NH+](C)CCCN1C(=O)C(=O)C(=C(O)c2ccccc2)[C@@H]1c1ccc(C(C)(C)C)cc1. The first kappa shape index (κ1) is 22.8. The maximum absolute atomic E-state index is 13.0. The average molecular weight is 422 g/mol. The minimum absolute atomic E-state index is 0.00112. The Kier molecular flexibility index (Phi) is 6.65. The van der Waals surface area contributed by atoms with Crippen molar-refractivity contribution in [3.63, 3.8) is 0 Å². The number of quaternary nitrogens is 1. The number of hydrogen-bond acceptors (Lipinski definition) is 3. The van der Waals surface area contributed by atoms with E-state index in [1.54, 1.807) is 29.2 Å². The summed E-state index contributed by atoms with van der Waals surface area (Å²) in [6.45, 7) is 7.79. The highest BCUT2D eigenvalue weighted by atomic mass is 16.3. The molecule has 0 aromatic heterocycles. The van der Waals surface area contributed by atoms with Crippen molar-refractivity contribution >= 4 is 17.4 Å². The number of carbonyl (C=O) groups excluding carboxylic acids is 2. The van der Waals surface area contributed by atoms with Crippen LogP contribution in [0, 0.1) is 0 Å². The van der Waals surface area contributed by atoms with Crippen molar-refractivity contribution in [2.45, 2.75) is 38.6 Å². The predicted octanol–water partition coefficient (Wildman–Crippen LogP) is 2.94. The predicted molar refractivity (Wildman–Crippen MR) is 123 cm³/mol. The third-order valence-electron chi connectivity index (χ3n) is 5.76. The van der Waals surface area contributed by atoms with Crippen molar-refractivity contribution in [3.8, 4) is 0 Å². The topological polar surface area (TPSA) is 62.0 Å². The fraction of sp³-hybridized carbons (Fsp3) is 0.385. The van der Waals surface area contributed by atoms with Gasteiger partial charge in [-0.25, -0.2) is 0 Å². The molecule has 2 aromatic carbocycles. The van der Waals surface area contributed by atoms with Crippen LogP contribution in [-0.2, 0) is 15.0 Å². The zero-order valence-corrected chi connectivity index (χ0v) is 19.1. The molecule has 1 aliphatic rings. The molecule has 0 radical (unpaired) electrons. The van der Waals surface area contributed by atoms with Crippen molar-refractivity contribution in [2.24, 2.45) is 0 Å². The second-order valence-corrected chi connectivity index (χ2v) is 9.54. The number of carbonyl (C=O) groups is 2. The van der Waals surface area contributed by atoms with Gasteiger partial charge in [-0.15, -0.1) is 0 Å². The first-order valence-corrected chi connectivity index (χ1v) is 10.8. The molecule has 0 aliphatic carbocycles. The van der Waals surface area contributed by atoms with Crippen molar-refractivity contribution in [1.82, 2.24) is 4.90 Å². The molecule has 1 aliphatic heterocycles. The third-order valence-corrected chi connectivity index (χ3v) is 5.76. The summed E-state index contributed by atoms with van der Waals surface area (Å²) in [5.74, 6) is -1.29. The highest BCUT2D eigenvalue weighted by Crippen LogP contribution is 2.39. The van der Waals surface area contributed by atoms with E-state index in [9.17, 15) is 14.7 Å². The van der Waals surface area contributed by atoms with E-state index in [1.807, 2.05) is 30.3 Å². The van der Waals surface area contributed by atoms with Gasteiger partial charge in [0, 0.05) is 18.5 Å². The van der Waals surface area contributed by atoms with Crippen LogP contribution in [0.25, 0.3) is 5.76 Å². The van der Waals surface area contributed by atoms with Crippen LogP contribution >= 0.6 is 0 Å². The maximum Gasteiger partial charge on any atom is 0.295 e. The van der Waals surface area contributed by atoms with Crippen molar-refractivity contribution in [3.05, 3.63) is 76.9 Å². The summed E-state index contributed by atoms with van der Waals surface area (Å²) < 4.78 is 0. The summed E-state index contributed by atoms with van der Waals surface area (Å²) in [4.78, 5) is 28.9. The fourth-order valence-corrected chi connectivity index (χ4v) is 3.98. The molecule has 0 unspecified atom stereocenters. The Morgan fingerprint density at radius 3 is 2.16 bits per heavy atom. The number of hydrogen-bond donors (Lipinski definition) is 2. The number of rotatable bonds is 6. The quantitative estimate of drug-likeness (QED) is 0.428. The summed E-state index contributed by atoms with van der Waals surface area (Å²) in [6.07, 6.45) is 0.775. The van der Waals surface area contributed by atoms with Crippen LogP contribution < -0.4 is 4.90 Å². The number of aliphatic hydroxyl groups excluding tert-OH is 1. The zero-order chi connectivity index (χ0) is 22.8. The molecule has 0 spiro atoms. The molecule has 3 rings (SSSR count). The molecule has 5 nitrogen and oxygen atoms in total. The van der Waals surface area contributed by atoms with E-state index in [4.69, 9.17) is 0 Å². The molecule has 0 bridgehead atoms. The molecule has 1 heterocycles. The lowest BCUT2D eigenvalue weighted by Gasteiger charge is -2.26. The van der Waals surface area contributed by atoms with Gasteiger partial charge in [0.2, 0.25) is 0 Å². The summed E-state index contributed by atoms with van der Waals surface area (Å²) in [5, 5.41) is 11.0. The van der Waals surface area contributed by atoms with E-state index in [0.29, 0.717) is 12.1 Å². The Labute approximate surface area is 185 Å². The molecule has 1 saturated heterocycles. The zero-order valence-electron chi connectivity index (χ0n) is 19.1. The molecule has 164 valence electrons. The molecule has 2 aromatic rings. The van der Waals surface area contributed by atoms with Gasteiger partial charge >= 0.3 is 0 Å². The third kappa shape index (κ3) is 4.88. The molecule has 1 fully saturated rings. The standard InChI is InChI=1S/C26H32N2O3/c1-26(2,3)20-14-12-18(13-15-20)22-21(23(29)19-10-7-6-8-11-19)24(30)25(31)28(22)17-9-16-27(4)5/h6-8,10-15,22,29H,9,16-17H2,1-5H3/p+1/t22-/m0/s1. The Balaban J connectivity index is 2.08. The van der Waals surface area contributed by atoms with Crippen LogP contribution in [0.3, 0.4) is 0 Å². The summed E-state index contributed by atoms with van der Waals surface area (Å²) in [5.41, 5.74) is 2.71. The number of aliphatic hydroxyl groups is 1. The van der Waals surface area contributed by atoms with Gasteiger partial charge in [-0.3, -0.25) is 9.59 Å². The normalized spacial score (nSPS) is 18.8. The Hall–Kier alpha value is -2.92. The monoisotopic (exact) mass is 421 g/mol. The number of likely N-dealkylation sites (tertiary alicyclic amines) is 1. The van der Waals surface area contributed by atoms with Crippen LogP contribution in [0.15, 0.2) is 60.2 Å². The highest BCUT2D eigenvalue weighted by Gasteiger charge is 2.45. The number of amides is 1.